The molecule has 0 saturated carbocycles. The number of fused-ring (bicyclic) bond motifs is 1. The van der Waals surface area contributed by atoms with E-state index in [9.17, 15) is 4.79 Å². The molecule has 2 heterocycles. The molecule has 0 aliphatic rings. The van der Waals surface area contributed by atoms with Crippen molar-refractivity contribution in [1.82, 2.24) is 9.97 Å². The average Bonchev–Trinajstić information content (AvgIpc) is 2.44. The predicted molar refractivity (Wildman–Crippen MR) is 92.8 cm³/mol. The van der Waals surface area contributed by atoms with Gasteiger partial charge in [0.15, 0.2) is 0 Å². The van der Waals surface area contributed by atoms with Crippen LogP contribution in [0.15, 0.2) is 18.3 Å². The van der Waals surface area contributed by atoms with Crippen LogP contribution in [0.4, 0.5) is 10.5 Å². The maximum absolute atomic E-state index is 12.1. The van der Waals surface area contributed by atoms with Crippen LogP contribution in [0.2, 0.25) is 0 Å². The third-order valence-electron chi connectivity index (χ3n) is 3.63. The van der Waals surface area contributed by atoms with Gasteiger partial charge in [-0.1, -0.05) is 13.8 Å². The predicted octanol–water partition coefficient (Wildman–Crippen LogP) is 4.80. The van der Waals surface area contributed by atoms with Crippen LogP contribution in [0.5, 0.6) is 0 Å². The summed E-state index contributed by atoms with van der Waals surface area (Å²) < 4.78 is 5.35. The van der Waals surface area contributed by atoms with Crippen LogP contribution in [0.25, 0.3) is 11.0 Å². The Morgan fingerprint density at radius 2 is 2.04 bits per heavy atom. The molecule has 0 fully saturated rings. The number of aromatic nitrogens is 2. The quantitative estimate of drug-likeness (QED) is 0.883. The highest BCUT2D eigenvalue weighted by Gasteiger charge is 2.20. The van der Waals surface area contributed by atoms with E-state index in [1.54, 1.807) is 6.20 Å². The van der Waals surface area contributed by atoms with E-state index in [2.05, 4.69) is 29.1 Å². The summed E-state index contributed by atoms with van der Waals surface area (Å²) in [7, 11) is 0. The molecule has 2 aromatic rings. The smallest absolute Gasteiger partial charge is 0.412 e. The second-order valence-electron chi connectivity index (χ2n) is 6.84. The minimum absolute atomic E-state index is 0.250. The molecule has 5 nitrogen and oxygen atoms in total. The first-order chi connectivity index (χ1) is 10.7. The molecule has 0 radical (unpaired) electrons. The van der Waals surface area contributed by atoms with Gasteiger partial charge in [0.25, 0.3) is 0 Å². The van der Waals surface area contributed by atoms with Gasteiger partial charge >= 0.3 is 6.09 Å². The Bertz CT molecular complexity index is 720. The number of nitrogens with zero attached hydrogens (tertiary/aromatic N) is 2. The molecule has 0 aromatic carbocycles. The topological polar surface area (TPSA) is 64.1 Å². The molecule has 2 aromatic heterocycles. The van der Waals surface area contributed by atoms with Gasteiger partial charge in [-0.15, -0.1) is 0 Å². The summed E-state index contributed by atoms with van der Waals surface area (Å²) in [5.41, 5.74) is 3.73. The van der Waals surface area contributed by atoms with Crippen molar-refractivity contribution in [1.29, 1.82) is 0 Å². The van der Waals surface area contributed by atoms with Crippen molar-refractivity contribution < 1.29 is 9.53 Å². The van der Waals surface area contributed by atoms with E-state index in [1.165, 1.54) is 0 Å². The lowest BCUT2D eigenvalue weighted by Crippen LogP contribution is -2.27. The fourth-order valence-electron chi connectivity index (χ4n) is 2.40. The average molecular weight is 315 g/mol. The van der Waals surface area contributed by atoms with Crippen LogP contribution in [-0.4, -0.2) is 21.7 Å². The zero-order valence-corrected chi connectivity index (χ0v) is 14.7. The van der Waals surface area contributed by atoms with E-state index in [0.29, 0.717) is 5.69 Å². The molecule has 0 aliphatic carbocycles. The summed E-state index contributed by atoms with van der Waals surface area (Å²) in [5, 5.41) is 2.83. The van der Waals surface area contributed by atoms with Crippen molar-refractivity contribution in [2.45, 2.75) is 59.5 Å². The maximum atomic E-state index is 12.1. The van der Waals surface area contributed by atoms with Crippen LogP contribution in [0.1, 0.15) is 58.2 Å². The molecular weight excluding hydrogens is 290 g/mol. The molecule has 0 bridgehead atoms. The van der Waals surface area contributed by atoms with Gasteiger partial charge in [-0.3, -0.25) is 15.3 Å². The SMILES string of the molecule is CCC(C)c1c(NC(=O)OC(C)(C)C)cnc2ccc(C)nc12. The Kier molecular flexibility index (Phi) is 4.88. The number of hydrogen-bond donors (Lipinski definition) is 1. The van der Waals surface area contributed by atoms with E-state index in [0.717, 1.165) is 28.7 Å². The maximum Gasteiger partial charge on any atom is 0.412 e. The van der Waals surface area contributed by atoms with E-state index in [4.69, 9.17) is 4.74 Å². The van der Waals surface area contributed by atoms with Gasteiger partial charge in [-0.25, -0.2) is 4.79 Å². The van der Waals surface area contributed by atoms with Crippen molar-refractivity contribution >= 4 is 22.8 Å². The van der Waals surface area contributed by atoms with Gasteiger partial charge in [0.2, 0.25) is 0 Å². The molecule has 0 spiro atoms. The van der Waals surface area contributed by atoms with Gasteiger partial charge < -0.3 is 4.74 Å². The normalized spacial score (nSPS) is 13.0. The van der Waals surface area contributed by atoms with Gasteiger partial charge in [0.1, 0.15) is 5.60 Å². The van der Waals surface area contributed by atoms with Crippen molar-refractivity contribution in [3.63, 3.8) is 0 Å². The Morgan fingerprint density at radius 1 is 1.35 bits per heavy atom. The summed E-state index contributed by atoms with van der Waals surface area (Å²) in [5.74, 6) is 0.250. The minimum atomic E-state index is -0.542. The third-order valence-corrected chi connectivity index (χ3v) is 3.63. The van der Waals surface area contributed by atoms with Crippen molar-refractivity contribution in [3.05, 3.63) is 29.6 Å². The van der Waals surface area contributed by atoms with Gasteiger partial charge in [-0.05, 0) is 52.2 Å². The number of aryl methyl sites for hydroxylation is 1. The van der Waals surface area contributed by atoms with Crippen LogP contribution in [0.3, 0.4) is 0 Å². The summed E-state index contributed by atoms with van der Waals surface area (Å²) in [4.78, 5) is 21.2. The first kappa shape index (κ1) is 17.2. The molecule has 124 valence electrons. The summed E-state index contributed by atoms with van der Waals surface area (Å²) in [6.07, 6.45) is 2.15. The standard InChI is InChI=1S/C18H25N3O2/c1-7-11(2)15-14(21-17(22)23-18(4,5)6)10-19-13-9-8-12(3)20-16(13)15/h8-11H,7H2,1-6H3,(H,21,22). The molecule has 1 unspecified atom stereocenters. The Morgan fingerprint density at radius 3 is 2.65 bits per heavy atom. The molecule has 1 atom stereocenters. The second kappa shape index (κ2) is 6.52. The molecule has 1 amide bonds. The van der Waals surface area contributed by atoms with Crippen LogP contribution in [-0.2, 0) is 4.74 Å². The zero-order valence-electron chi connectivity index (χ0n) is 14.7. The molecule has 0 aliphatic heterocycles. The molecule has 23 heavy (non-hydrogen) atoms. The van der Waals surface area contributed by atoms with Crippen molar-refractivity contribution in [3.8, 4) is 0 Å². The van der Waals surface area contributed by atoms with Gasteiger partial charge in [0, 0.05) is 11.3 Å². The van der Waals surface area contributed by atoms with E-state index in [1.807, 2.05) is 39.8 Å². The van der Waals surface area contributed by atoms with Crippen molar-refractivity contribution in [2.75, 3.05) is 5.32 Å². The molecule has 2 rings (SSSR count). The number of pyridine rings is 2. The Hall–Kier alpha value is -2.17. The fraction of sp³-hybridized carbons (Fsp3) is 0.500. The lowest BCUT2D eigenvalue weighted by atomic mass is 9.96. The molecule has 0 saturated heterocycles. The number of nitrogens with one attached hydrogen (secondary N) is 1. The number of carbonyl (C=O) groups is 1. The van der Waals surface area contributed by atoms with Crippen LogP contribution < -0.4 is 5.32 Å². The number of amides is 1. The molecule has 5 heteroatoms. The molecular formula is C18H25N3O2. The fourth-order valence-corrected chi connectivity index (χ4v) is 2.40. The summed E-state index contributed by atoms with van der Waals surface area (Å²) in [6, 6.07) is 3.90. The number of ether oxygens (including phenoxy) is 1. The number of hydrogen-bond acceptors (Lipinski definition) is 4. The Labute approximate surface area is 137 Å². The number of anilines is 1. The van der Waals surface area contributed by atoms with Gasteiger partial charge in [-0.2, -0.15) is 0 Å². The van der Waals surface area contributed by atoms with Crippen LogP contribution >= 0.6 is 0 Å². The first-order valence-corrected chi connectivity index (χ1v) is 7.97. The summed E-state index contributed by atoms with van der Waals surface area (Å²) >= 11 is 0. The largest absolute Gasteiger partial charge is 0.444 e. The molecule has 1 N–H and O–H groups in total. The highest BCUT2D eigenvalue weighted by atomic mass is 16.6. The highest BCUT2D eigenvalue weighted by Crippen LogP contribution is 2.32. The Balaban J connectivity index is 2.48. The lowest BCUT2D eigenvalue weighted by molar-refractivity contribution is 0.0635. The number of rotatable bonds is 3. The van der Waals surface area contributed by atoms with E-state index in [-0.39, 0.29) is 5.92 Å². The lowest BCUT2D eigenvalue weighted by Gasteiger charge is -2.22. The highest BCUT2D eigenvalue weighted by molar-refractivity contribution is 5.91. The van der Waals surface area contributed by atoms with Crippen molar-refractivity contribution in [2.24, 2.45) is 0 Å². The van der Waals surface area contributed by atoms with E-state index < -0.39 is 11.7 Å². The zero-order chi connectivity index (χ0) is 17.2. The van der Waals surface area contributed by atoms with E-state index >= 15 is 0 Å². The minimum Gasteiger partial charge on any atom is -0.444 e. The summed E-state index contributed by atoms with van der Waals surface area (Å²) in [6.45, 7) is 11.7. The second-order valence-corrected chi connectivity index (χ2v) is 6.84. The van der Waals surface area contributed by atoms with Gasteiger partial charge in [0.05, 0.1) is 22.9 Å². The van der Waals surface area contributed by atoms with Crippen LogP contribution in [0, 0.1) is 6.92 Å². The third kappa shape index (κ3) is 4.18. The number of carbonyl (C=O) groups excluding carboxylic acids is 1. The first-order valence-electron chi connectivity index (χ1n) is 7.97. The monoisotopic (exact) mass is 315 g/mol.